The lowest BCUT2D eigenvalue weighted by Crippen LogP contribution is -2.69. The summed E-state index contributed by atoms with van der Waals surface area (Å²) in [5.41, 5.74) is -0.704. The Labute approximate surface area is 145 Å². The highest BCUT2D eigenvalue weighted by Crippen LogP contribution is 2.55. The van der Waals surface area contributed by atoms with E-state index in [9.17, 15) is 15.0 Å². The SMILES string of the molecule is CCC1C(=O)C2(OC)CC[C@H](O)[C@@H](/C=C/[C@H](O)C3CCCCC3)[C@H]12. The van der Waals surface area contributed by atoms with Gasteiger partial charge in [-0.1, -0.05) is 38.3 Å². The van der Waals surface area contributed by atoms with Gasteiger partial charge in [-0.2, -0.15) is 0 Å². The van der Waals surface area contributed by atoms with Gasteiger partial charge in [0.05, 0.1) is 12.2 Å². The summed E-state index contributed by atoms with van der Waals surface area (Å²) >= 11 is 0. The maximum Gasteiger partial charge on any atom is 0.168 e. The van der Waals surface area contributed by atoms with Crippen molar-refractivity contribution in [2.75, 3.05) is 7.11 Å². The Balaban J connectivity index is 1.74. The molecule has 0 bridgehead atoms. The molecule has 3 rings (SSSR count). The zero-order valence-electron chi connectivity index (χ0n) is 15.0. The zero-order chi connectivity index (χ0) is 17.3. The molecule has 4 nitrogen and oxygen atoms in total. The summed E-state index contributed by atoms with van der Waals surface area (Å²) in [6.07, 6.45) is 10.8. The summed E-state index contributed by atoms with van der Waals surface area (Å²) in [5, 5.41) is 21.0. The van der Waals surface area contributed by atoms with Crippen LogP contribution in [0.15, 0.2) is 12.2 Å². The number of carbonyl (C=O) groups is 1. The predicted molar refractivity (Wildman–Crippen MR) is 92.5 cm³/mol. The number of ketones is 1. The second-order valence-corrected chi connectivity index (χ2v) is 7.96. The lowest BCUT2D eigenvalue weighted by atomic mass is 9.49. The van der Waals surface area contributed by atoms with E-state index in [2.05, 4.69) is 0 Å². The van der Waals surface area contributed by atoms with Gasteiger partial charge in [-0.05, 0) is 38.0 Å². The molecule has 6 atom stereocenters. The van der Waals surface area contributed by atoms with Crippen molar-refractivity contribution in [2.24, 2.45) is 23.7 Å². The molecule has 0 aromatic carbocycles. The van der Waals surface area contributed by atoms with Crippen LogP contribution in [-0.4, -0.2) is 40.9 Å². The van der Waals surface area contributed by atoms with Gasteiger partial charge in [-0.25, -0.2) is 0 Å². The number of hydrogen-bond donors (Lipinski definition) is 2. The molecule has 136 valence electrons. The minimum atomic E-state index is -0.704. The molecule has 0 aliphatic heterocycles. The number of Topliss-reactive ketones (excluding diaryl/α,β-unsaturated/α-hetero) is 1. The molecule has 0 heterocycles. The Bertz CT molecular complexity index is 482. The minimum Gasteiger partial charge on any atom is -0.393 e. The van der Waals surface area contributed by atoms with Crippen molar-refractivity contribution in [1.29, 1.82) is 0 Å². The minimum absolute atomic E-state index is 0.0265. The van der Waals surface area contributed by atoms with Crippen LogP contribution in [-0.2, 0) is 9.53 Å². The fourth-order valence-electron chi connectivity index (χ4n) is 5.43. The first kappa shape index (κ1) is 18.1. The van der Waals surface area contributed by atoms with E-state index in [1.165, 1.54) is 19.3 Å². The Hall–Kier alpha value is -0.710. The van der Waals surface area contributed by atoms with Crippen LogP contribution in [0.1, 0.15) is 58.3 Å². The molecule has 3 saturated carbocycles. The predicted octanol–water partition coefficient (Wildman–Crippen LogP) is 2.87. The first-order valence-corrected chi connectivity index (χ1v) is 9.69. The van der Waals surface area contributed by atoms with Gasteiger partial charge in [0.1, 0.15) is 5.60 Å². The smallest absolute Gasteiger partial charge is 0.168 e. The monoisotopic (exact) mass is 336 g/mol. The Morgan fingerprint density at radius 3 is 2.62 bits per heavy atom. The van der Waals surface area contributed by atoms with E-state index in [1.54, 1.807) is 7.11 Å². The van der Waals surface area contributed by atoms with E-state index in [4.69, 9.17) is 4.74 Å². The lowest BCUT2D eigenvalue weighted by molar-refractivity contribution is -0.208. The number of carbonyl (C=O) groups excluding carboxylic acids is 1. The van der Waals surface area contributed by atoms with E-state index < -0.39 is 17.8 Å². The molecular weight excluding hydrogens is 304 g/mol. The third kappa shape index (κ3) is 2.87. The van der Waals surface area contributed by atoms with Gasteiger partial charge in [0.15, 0.2) is 5.78 Å². The molecular formula is C20H32O4. The average molecular weight is 336 g/mol. The van der Waals surface area contributed by atoms with Crippen molar-refractivity contribution in [3.05, 3.63) is 12.2 Å². The summed E-state index contributed by atoms with van der Waals surface area (Å²) in [4.78, 5) is 12.5. The number of hydrogen-bond acceptors (Lipinski definition) is 4. The Morgan fingerprint density at radius 1 is 1.29 bits per heavy atom. The highest BCUT2D eigenvalue weighted by atomic mass is 16.5. The molecule has 3 fully saturated rings. The Morgan fingerprint density at radius 2 is 2.00 bits per heavy atom. The summed E-state index contributed by atoms with van der Waals surface area (Å²) in [6, 6.07) is 0. The van der Waals surface area contributed by atoms with E-state index >= 15 is 0 Å². The molecule has 2 N–H and O–H groups in total. The van der Waals surface area contributed by atoms with Crippen LogP contribution in [0, 0.1) is 23.7 Å². The van der Waals surface area contributed by atoms with Crippen LogP contribution in [0.4, 0.5) is 0 Å². The molecule has 4 heteroatoms. The van der Waals surface area contributed by atoms with Crippen molar-refractivity contribution in [1.82, 2.24) is 0 Å². The lowest BCUT2D eigenvalue weighted by Gasteiger charge is -2.58. The molecule has 0 aromatic rings. The van der Waals surface area contributed by atoms with Crippen molar-refractivity contribution in [3.63, 3.8) is 0 Å². The normalized spacial score (nSPS) is 41.9. The largest absolute Gasteiger partial charge is 0.393 e. The Kier molecular flexibility index (Phi) is 5.48. The third-order valence-corrected chi connectivity index (χ3v) is 6.86. The quantitative estimate of drug-likeness (QED) is 0.758. The average Bonchev–Trinajstić information content (AvgIpc) is 2.62. The molecule has 0 aromatic heterocycles. The molecule has 0 amide bonds. The summed E-state index contributed by atoms with van der Waals surface area (Å²) < 4.78 is 5.67. The summed E-state index contributed by atoms with van der Waals surface area (Å²) in [7, 11) is 1.62. The van der Waals surface area contributed by atoms with Crippen LogP contribution < -0.4 is 0 Å². The molecule has 0 saturated heterocycles. The van der Waals surface area contributed by atoms with E-state index in [-0.39, 0.29) is 23.5 Å². The van der Waals surface area contributed by atoms with E-state index in [1.807, 2.05) is 19.1 Å². The third-order valence-electron chi connectivity index (χ3n) is 6.86. The van der Waals surface area contributed by atoms with Crippen LogP contribution in [0.5, 0.6) is 0 Å². The van der Waals surface area contributed by atoms with Gasteiger partial charge in [0, 0.05) is 24.9 Å². The standard InChI is InChI=1S/C20H32O4/c1-3-14-18-15(9-10-16(21)13-7-5-4-6-8-13)17(22)11-12-20(18,24-2)19(14)23/h9-10,13-18,21-22H,3-8,11-12H2,1-2H3/b10-9+/t14?,15-,16+,17+,18+,20?/m1/s1. The van der Waals surface area contributed by atoms with Crippen molar-refractivity contribution < 1.29 is 19.7 Å². The maximum atomic E-state index is 12.5. The van der Waals surface area contributed by atoms with Crippen molar-refractivity contribution in [2.45, 2.75) is 76.1 Å². The van der Waals surface area contributed by atoms with Gasteiger partial charge in [0.25, 0.3) is 0 Å². The second-order valence-electron chi connectivity index (χ2n) is 7.96. The van der Waals surface area contributed by atoms with Gasteiger partial charge < -0.3 is 14.9 Å². The second kappa shape index (κ2) is 7.27. The van der Waals surface area contributed by atoms with Crippen LogP contribution in [0.25, 0.3) is 0 Å². The molecule has 2 unspecified atom stereocenters. The maximum absolute atomic E-state index is 12.5. The fourth-order valence-corrected chi connectivity index (χ4v) is 5.43. The van der Waals surface area contributed by atoms with E-state index in [0.717, 1.165) is 19.3 Å². The molecule has 3 aliphatic rings. The van der Waals surface area contributed by atoms with Crippen LogP contribution in [0.3, 0.4) is 0 Å². The molecule has 0 radical (unpaired) electrons. The number of ether oxygens (including phenoxy) is 1. The fraction of sp³-hybridized carbons (Fsp3) is 0.850. The molecule has 0 spiro atoms. The first-order valence-electron chi connectivity index (χ1n) is 9.69. The van der Waals surface area contributed by atoms with E-state index in [0.29, 0.717) is 18.8 Å². The number of aliphatic hydroxyl groups excluding tert-OH is 2. The summed E-state index contributed by atoms with van der Waals surface area (Å²) in [6.45, 7) is 2.03. The highest BCUT2D eigenvalue weighted by molar-refractivity contribution is 5.97. The van der Waals surface area contributed by atoms with Gasteiger partial charge in [0.2, 0.25) is 0 Å². The number of methoxy groups -OCH3 is 1. The highest BCUT2D eigenvalue weighted by Gasteiger charge is 2.66. The number of fused-ring (bicyclic) bond motifs is 1. The molecule has 3 aliphatic carbocycles. The first-order chi connectivity index (χ1) is 11.5. The molecule has 24 heavy (non-hydrogen) atoms. The van der Waals surface area contributed by atoms with Crippen LogP contribution in [0.2, 0.25) is 0 Å². The number of aliphatic hydroxyl groups is 2. The van der Waals surface area contributed by atoms with Gasteiger partial charge in [-0.3, -0.25) is 4.79 Å². The number of rotatable bonds is 5. The van der Waals surface area contributed by atoms with Crippen molar-refractivity contribution in [3.8, 4) is 0 Å². The van der Waals surface area contributed by atoms with Gasteiger partial charge >= 0.3 is 0 Å². The zero-order valence-corrected chi connectivity index (χ0v) is 15.0. The van der Waals surface area contributed by atoms with Crippen molar-refractivity contribution >= 4 is 5.78 Å². The van der Waals surface area contributed by atoms with Crippen LogP contribution >= 0.6 is 0 Å². The summed E-state index contributed by atoms with van der Waals surface area (Å²) in [5.74, 6) is 0.461. The van der Waals surface area contributed by atoms with Gasteiger partial charge in [-0.15, -0.1) is 0 Å². The topological polar surface area (TPSA) is 66.8 Å².